The fourth-order valence-corrected chi connectivity index (χ4v) is 6.32. The molecule has 8 heteroatoms. The zero-order chi connectivity index (χ0) is 24.0. The molecule has 3 aromatic rings. The molecule has 0 aromatic heterocycles. The van der Waals surface area contributed by atoms with E-state index in [1.54, 1.807) is 36.4 Å². The third-order valence-electron chi connectivity index (χ3n) is 6.16. The lowest BCUT2D eigenvalue weighted by molar-refractivity contribution is 0.357. The van der Waals surface area contributed by atoms with Crippen molar-refractivity contribution in [1.82, 2.24) is 0 Å². The minimum atomic E-state index is -4.14. The van der Waals surface area contributed by atoms with Crippen molar-refractivity contribution in [1.29, 1.82) is 5.26 Å². The minimum absolute atomic E-state index is 0.00300. The van der Waals surface area contributed by atoms with Crippen molar-refractivity contribution in [2.45, 2.75) is 19.4 Å². The second kappa shape index (κ2) is 7.97. The van der Waals surface area contributed by atoms with Gasteiger partial charge in [-0.15, -0.1) is 0 Å². The number of allylic oxidation sites excluding steroid dienone is 2. The summed E-state index contributed by atoms with van der Waals surface area (Å²) in [5.41, 5.74) is 9.50. The van der Waals surface area contributed by atoms with Crippen molar-refractivity contribution >= 4 is 21.5 Å². The van der Waals surface area contributed by atoms with Gasteiger partial charge < -0.3 is 15.6 Å². The molecule has 170 valence electrons. The Balaban J connectivity index is 1.77. The number of ether oxygens (including phenoxy) is 1. The number of phenols is 1. The number of hydrogen-bond acceptors (Lipinski definition) is 6. The lowest BCUT2D eigenvalue weighted by Crippen LogP contribution is -2.39. The third-order valence-corrected chi connectivity index (χ3v) is 8.04. The molecule has 0 spiro atoms. The number of phenolic OH excluding ortho intramolecular Hbond substituents is 1. The summed E-state index contributed by atoms with van der Waals surface area (Å²) < 4.78 is 35.6. The number of nitriles is 1. The van der Waals surface area contributed by atoms with Crippen LogP contribution in [0.25, 0.3) is 5.76 Å². The highest BCUT2D eigenvalue weighted by atomic mass is 32.2. The van der Waals surface area contributed by atoms with Crippen molar-refractivity contribution in [3.8, 4) is 11.8 Å². The molecule has 0 radical (unpaired) electrons. The first-order valence-corrected chi connectivity index (χ1v) is 12.0. The smallest absolute Gasteiger partial charge is 0.265 e. The number of nitrogens with zero attached hydrogens (tertiary/aromatic N) is 2. The molecule has 1 atom stereocenters. The van der Waals surface area contributed by atoms with Crippen molar-refractivity contribution < 1.29 is 18.3 Å². The van der Waals surface area contributed by atoms with Crippen molar-refractivity contribution in [2.24, 2.45) is 5.73 Å². The van der Waals surface area contributed by atoms with Gasteiger partial charge in [0, 0.05) is 5.56 Å². The maximum absolute atomic E-state index is 14.2. The molecule has 34 heavy (non-hydrogen) atoms. The van der Waals surface area contributed by atoms with Crippen molar-refractivity contribution in [3.63, 3.8) is 0 Å². The van der Waals surface area contributed by atoms with Gasteiger partial charge in [0.05, 0.1) is 18.2 Å². The first kappa shape index (κ1) is 21.6. The Morgan fingerprint density at radius 1 is 1.06 bits per heavy atom. The molecule has 0 fully saturated rings. The third kappa shape index (κ3) is 3.29. The van der Waals surface area contributed by atoms with Crippen LogP contribution in [0.2, 0.25) is 0 Å². The lowest BCUT2D eigenvalue weighted by Gasteiger charge is -2.38. The second-order valence-electron chi connectivity index (χ2n) is 8.17. The molecule has 3 N–H and O–H groups in total. The number of aryl methyl sites for hydroxylation is 1. The van der Waals surface area contributed by atoms with E-state index in [1.165, 1.54) is 16.4 Å². The van der Waals surface area contributed by atoms with E-state index in [1.807, 2.05) is 37.3 Å². The standard InChI is InChI=1S/C26H21N3O4S/c1-16-6-2-3-7-18(16)15-29-22-9-5-4-8-20(22)24-25(34(29,31)32)23(21(14-27)26(28)33-24)17-10-12-19(30)13-11-17/h2-13,23,30H,15,28H2,1H3/t23-/m0/s1. The Morgan fingerprint density at radius 3 is 2.44 bits per heavy atom. The van der Waals surface area contributed by atoms with Gasteiger partial charge in [-0.2, -0.15) is 5.26 Å². The van der Waals surface area contributed by atoms with E-state index >= 15 is 0 Å². The molecule has 2 aliphatic rings. The van der Waals surface area contributed by atoms with E-state index in [0.29, 0.717) is 16.8 Å². The molecular formula is C26H21N3O4S. The maximum Gasteiger partial charge on any atom is 0.265 e. The molecule has 7 nitrogen and oxygen atoms in total. The van der Waals surface area contributed by atoms with Gasteiger partial charge in [0.1, 0.15) is 22.3 Å². The number of hydrogen-bond donors (Lipinski definition) is 2. The van der Waals surface area contributed by atoms with Crippen LogP contribution in [0.5, 0.6) is 5.75 Å². The molecular weight excluding hydrogens is 450 g/mol. The Hall–Kier alpha value is -4.22. The Labute approximate surface area is 197 Å². The molecule has 0 saturated carbocycles. The summed E-state index contributed by atoms with van der Waals surface area (Å²) in [5.74, 6) is -0.978. The summed E-state index contributed by atoms with van der Waals surface area (Å²) >= 11 is 0. The van der Waals surface area contributed by atoms with Gasteiger partial charge in [0.25, 0.3) is 10.0 Å². The zero-order valence-electron chi connectivity index (χ0n) is 18.3. The highest BCUT2D eigenvalue weighted by Gasteiger charge is 2.47. The average molecular weight is 472 g/mol. The number of fused-ring (bicyclic) bond motifs is 2. The van der Waals surface area contributed by atoms with Gasteiger partial charge in [-0.3, -0.25) is 4.31 Å². The van der Waals surface area contributed by atoms with Gasteiger partial charge >= 0.3 is 0 Å². The first-order valence-electron chi connectivity index (χ1n) is 10.6. The SMILES string of the molecule is Cc1ccccc1CN1c2ccccc2C2=C([C@@H](c3ccc(O)cc3)C(C#N)=C(N)O2)S1(=O)=O. The Morgan fingerprint density at radius 2 is 1.74 bits per heavy atom. The summed E-state index contributed by atoms with van der Waals surface area (Å²) in [6.45, 7) is 2.05. The summed E-state index contributed by atoms with van der Waals surface area (Å²) in [7, 11) is -4.14. The molecule has 0 unspecified atom stereocenters. The van der Waals surface area contributed by atoms with E-state index in [2.05, 4.69) is 0 Å². The van der Waals surface area contributed by atoms with Crippen molar-refractivity contribution in [2.75, 3.05) is 4.31 Å². The van der Waals surface area contributed by atoms with E-state index in [-0.39, 0.29) is 34.4 Å². The number of anilines is 1. The van der Waals surface area contributed by atoms with Crippen LogP contribution in [-0.4, -0.2) is 13.5 Å². The summed E-state index contributed by atoms with van der Waals surface area (Å²) in [6.07, 6.45) is 0. The summed E-state index contributed by atoms with van der Waals surface area (Å²) in [5, 5.41) is 19.7. The predicted octanol–water partition coefficient (Wildman–Crippen LogP) is 4.23. The molecule has 0 saturated heterocycles. The van der Waals surface area contributed by atoms with Gasteiger partial charge in [-0.25, -0.2) is 8.42 Å². The highest BCUT2D eigenvalue weighted by Crippen LogP contribution is 2.51. The second-order valence-corrected chi connectivity index (χ2v) is 10.00. The van der Waals surface area contributed by atoms with Crippen LogP contribution >= 0.6 is 0 Å². The molecule has 3 aromatic carbocycles. The highest BCUT2D eigenvalue weighted by molar-refractivity contribution is 7.96. The normalized spacial score (nSPS) is 18.6. The molecule has 2 heterocycles. The van der Waals surface area contributed by atoms with E-state index in [4.69, 9.17) is 10.5 Å². The van der Waals surface area contributed by atoms with Crippen LogP contribution in [-0.2, 0) is 21.3 Å². The fourth-order valence-electron chi connectivity index (χ4n) is 4.42. The first-order chi connectivity index (χ1) is 16.3. The van der Waals surface area contributed by atoms with Gasteiger partial charge in [-0.05, 0) is 47.9 Å². The quantitative estimate of drug-likeness (QED) is 0.591. The summed E-state index contributed by atoms with van der Waals surface area (Å²) in [6, 6.07) is 22.8. The van der Waals surface area contributed by atoms with Gasteiger partial charge in [0.2, 0.25) is 5.88 Å². The maximum atomic E-state index is 14.2. The predicted molar refractivity (Wildman–Crippen MR) is 128 cm³/mol. The number of para-hydroxylation sites is 1. The number of aromatic hydroxyl groups is 1. The monoisotopic (exact) mass is 471 g/mol. The number of sulfonamides is 1. The molecule has 0 aliphatic carbocycles. The van der Waals surface area contributed by atoms with E-state index < -0.39 is 15.9 Å². The average Bonchev–Trinajstić information content (AvgIpc) is 2.82. The Bertz CT molecular complexity index is 1520. The fraction of sp³-hybridized carbons (Fsp3) is 0.115. The van der Waals surface area contributed by atoms with Gasteiger partial charge in [-0.1, -0.05) is 48.5 Å². The van der Waals surface area contributed by atoms with Crippen LogP contribution in [0, 0.1) is 18.3 Å². The number of rotatable bonds is 3. The van der Waals surface area contributed by atoms with Crippen LogP contribution in [0.15, 0.2) is 89.2 Å². The largest absolute Gasteiger partial charge is 0.508 e. The van der Waals surface area contributed by atoms with Gasteiger partial charge in [0.15, 0.2) is 5.76 Å². The Kier molecular flexibility index (Phi) is 5.07. The number of benzene rings is 3. The lowest BCUT2D eigenvalue weighted by atomic mass is 9.88. The molecule has 5 rings (SSSR count). The van der Waals surface area contributed by atoms with Crippen LogP contribution in [0.4, 0.5) is 5.69 Å². The number of nitrogens with two attached hydrogens (primary N) is 1. The topological polar surface area (TPSA) is 117 Å². The van der Waals surface area contributed by atoms with Crippen LogP contribution < -0.4 is 10.0 Å². The van der Waals surface area contributed by atoms with Crippen LogP contribution in [0.3, 0.4) is 0 Å². The molecule has 2 aliphatic heterocycles. The zero-order valence-corrected chi connectivity index (χ0v) is 19.1. The molecule has 0 amide bonds. The summed E-state index contributed by atoms with van der Waals surface area (Å²) in [4.78, 5) is -0.0452. The van der Waals surface area contributed by atoms with E-state index in [0.717, 1.165) is 11.1 Å². The van der Waals surface area contributed by atoms with Crippen LogP contribution in [0.1, 0.15) is 28.2 Å². The molecule has 0 bridgehead atoms. The van der Waals surface area contributed by atoms with Crippen molar-refractivity contribution in [3.05, 3.63) is 111 Å². The minimum Gasteiger partial charge on any atom is -0.508 e. The van der Waals surface area contributed by atoms with E-state index in [9.17, 15) is 18.8 Å².